The minimum Gasteiger partial charge on any atom is -0.491 e. The Hall–Kier alpha value is -0.540. The van der Waals surface area contributed by atoms with E-state index in [0.717, 1.165) is 18.8 Å². The van der Waals surface area contributed by atoms with E-state index in [1.807, 2.05) is 7.05 Å². The molecule has 0 aromatic carbocycles. The molecule has 1 aliphatic rings. The van der Waals surface area contributed by atoms with Crippen molar-refractivity contribution in [3.05, 3.63) is 16.3 Å². The lowest BCUT2D eigenvalue weighted by Gasteiger charge is -2.22. The second kappa shape index (κ2) is 2.83. The maximum absolute atomic E-state index is 5.51. The number of thiophene rings is 1. The Morgan fingerprint density at radius 3 is 3.36 bits per heavy atom. The standard InChI is InChI=1S/C8H11NOS/c1-9-7-2-6-4-11-5-8(6)10-3-7/h4-5,7,9H,2-3H2,1H3. The third-order valence-electron chi connectivity index (χ3n) is 2.02. The van der Waals surface area contributed by atoms with Crippen LogP contribution >= 0.6 is 11.3 Å². The first-order valence-corrected chi connectivity index (χ1v) is 4.69. The van der Waals surface area contributed by atoms with Crippen molar-refractivity contribution in [1.82, 2.24) is 5.32 Å². The Balaban J connectivity index is 2.18. The molecule has 0 saturated carbocycles. The largest absolute Gasteiger partial charge is 0.491 e. The molecule has 3 heteroatoms. The van der Waals surface area contributed by atoms with Crippen LogP contribution in [-0.4, -0.2) is 19.7 Å². The number of ether oxygens (including phenoxy) is 1. The zero-order valence-corrected chi connectivity index (χ0v) is 7.28. The molecule has 0 amide bonds. The summed E-state index contributed by atoms with van der Waals surface area (Å²) in [6.07, 6.45) is 1.11. The minimum absolute atomic E-state index is 0.497. The molecule has 1 unspecified atom stereocenters. The van der Waals surface area contributed by atoms with Gasteiger partial charge in [0, 0.05) is 17.0 Å². The van der Waals surface area contributed by atoms with Crippen LogP contribution in [0.25, 0.3) is 0 Å². The second-order valence-corrected chi connectivity index (χ2v) is 3.51. The summed E-state index contributed by atoms with van der Waals surface area (Å²) in [5.74, 6) is 1.08. The van der Waals surface area contributed by atoms with Crippen molar-refractivity contribution in [2.45, 2.75) is 12.5 Å². The summed E-state index contributed by atoms with van der Waals surface area (Å²) in [5.41, 5.74) is 1.35. The molecule has 1 aromatic rings. The molecule has 2 rings (SSSR count). The molecule has 0 radical (unpaired) electrons. The van der Waals surface area contributed by atoms with Crippen molar-refractivity contribution in [1.29, 1.82) is 0 Å². The normalized spacial score (nSPS) is 22.5. The number of rotatable bonds is 1. The van der Waals surface area contributed by atoms with Crippen molar-refractivity contribution in [2.24, 2.45) is 0 Å². The zero-order valence-electron chi connectivity index (χ0n) is 6.46. The van der Waals surface area contributed by atoms with Crippen molar-refractivity contribution >= 4 is 11.3 Å². The molecule has 2 nitrogen and oxygen atoms in total. The number of hydrogen-bond donors (Lipinski definition) is 1. The predicted octanol–water partition coefficient (Wildman–Crippen LogP) is 1.27. The molecule has 0 aliphatic carbocycles. The third-order valence-corrected chi connectivity index (χ3v) is 2.79. The Bertz CT molecular complexity index is 246. The van der Waals surface area contributed by atoms with Gasteiger partial charge in [-0.3, -0.25) is 0 Å². The van der Waals surface area contributed by atoms with Crippen LogP contribution in [0.1, 0.15) is 5.56 Å². The van der Waals surface area contributed by atoms with Gasteiger partial charge >= 0.3 is 0 Å². The molecular formula is C8H11NOS. The van der Waals surface area contributed by atoms with Crippen LogP contribution in [0.5, 0.6) is 5.75 Å². The van der Waals surface area contributed by atoms with Crippen molar-refractivity contribution in [3.63, 3.8) is 0 Å². The van der Waals surface area contributed by atoms with Crippen LogP contribution in [0.15, 0.2) is 10.8 Å². The van der Waals surface area contributed by atoms with Crippen LogP contribution in [0.4, 0.5) is 0 Å². The van der Waals surface area contributed by atoms with E-state index in [-0.39, 0.29) is 0 Å². The average molecular weight is 169 g/mol. The number of fused-ring (bicyclic) bond motifs is 1. The molecule has 1 aliphatic heterocycles. The first-order chi connectivity index (χ1) is 5.40. The Kier molecular flexibility index (Phi) is 1.84. The van der Waals surface area contributed by atoms with Crippen molar-refractivity contribution < 1.29 is 4.74 Å². The molecular weight excluding hydrogens is 158 g/mol. The lowest BCUT2D eigenvalue weighted by Crippen LogP contribution is -2.36. The first kappa shape index (κ1) is 7.13. The molecule has 2 heterocycles. The van der Waals surface area contributed by atoms with Gasteiger partial charge in [0.2, 0.25) is 0 Å². The van der Waals surface area contributed by atoms with Crippen molar-refractivity contribution in [2.75, 3.05) is 13.7 Å². The van der Waals surface area contributed by atoms with Gasteiger partial charge in [0.25, 0.3) is 0 Å². The van der Waals surface area contributed by atoms with Gasteiger partial charge < -0.3 is 10.1 Å². The van der Waals surface area contributed by atoms with Crippen LogP contribution < -0.4 is 10.1 Å². The summed E-state index contributed by atoms with van der Waals surface area (Å²) in [5, 5.41) is 7.45. The highest BCUT2D eigenvalue weighted by atomic mass is 32.1. The van der Waals surface area contributed by atoms with Crippen LogP contribution in [-0.2, 0) is 6.42 Å². The molecule has 0 saturated heterocycles. The van der Waals surface area contributed by atoms with E-state index in [1.165, 1.54) is 5.56 Å². The Morgan fingerprint density at radius 1 is 1.64 bits per heavy atom. The van der Waals surface area contributed by atoms with Gasteiger partial charge in [-0.05, 0) is 18.8 Å². The van der Waals surface area contributed by atoms with Gasteiger partial charge in [0.05, 0.1) is 0 Å². The van der Waals surface area contributed by atoms with Gasteiger partial charge in [-0.15, -0.1) is 11.3 Å². The first-order valence-electron chi connectivity index (χ1n) is 3.75. The highest BCUT2D eigenvalue weighted by Crippen LogP contribution is 2.28. The molecule has 0 bridgehead atoms. The topological polar surface area (TPSA) is 21.3 Å². The molecule has 1 aromatic heterocycles. The molecule has 60 valence electrons. The van der Waals surface area contributed by atoms with E-state index in [1.54, 1.807) is 11.3 Å². The molecule has 1 atom stereocenters. The highest BCUT2D eigenvalue weighted by molar-refractivity contribution is 7.08. The summed E-state index contributed by atoms with van der Waals surface area (Å²) in [4.78, 5) is 0. The Morgan fingerprint density at radius 2 is 2.55 bits per heavy atom. The number of likely N-dealkylation sites (N-methyl/N-ethyl adjacent to an activating group) is 1. The molecule has 11 heavy (non-hydrogen) atoms. The second-order valence-electron chi connectivity index (χ2n) is 2.76. The molecule has 0 spiro atoms. The zero-order chi connectivity index (χ0) is 7.68. The van der Waals surface area contributed by atoms with E-state index in [2.05, 4.69) is 16.1 Å². The Labute approximate surface area is 70.2 Å². The van der Waals surface area contributed by atoms with Gasteiger partial charge in [0.15, 0.2) is 0 Å². The summed E-state index contributed by atoms with van der Waals surface area (Å²) >= 11 is 1.72. The van der Waals surface area contributed by atoms with Crippen molar-refractivity contribution in [3.8, 4) is 5.75 Å². The molecule has 0 fully saturated rings. The maximum atomic E-state index is 5.51. The molecule has 1 N–H and O–H groups in total. The highest BCUT2D eigenvalue weighted by Gasteiger charge is 2.18. The third kappa shape index (κ3) is 1.26. The van der Waals surface area contributed by atoms with E-state index in [4.69, 9.17) is 4.74 Å². The minimum atomic E-state index is 0.497. The van der Waals surface area contributed by atoms with Gasteiger partial charge in [0.1, 0.15) is 12.4 Å². The fraction of sp³-hybridized carbons (Fsp3) is 0.500. The van der Waals surface area contributed by atoms with Gasteiger partial charge in [-0.25, -0.2) is 0 Å². The summed E-state index contributed by atoms with van der Waals surface area (Å²) in [6.45, 7) is 0.806. The van der Waals surface area contributed by atoms with E-state index >= 15 is 0 Å². The van der Waals surface area contributed by atoms with Gasteiger partial charge in [-0.1, -0.05) is 0 Å². The summed E-state index contributed by atoms with van der Waals surface area (Å²) in [6, 6.07) is 0.497. The monoisotopic (exact) mass is 169 g/mol. The summed E-state index contributed by atoms with van der Waals surface area (Å²) < 4.78 is 5.51. The lowest BCUT2D eigenvalue weighted by molar-refractivity contribution is 0.247. The fourth-order valence-electron chi connectivity index (χ4n) is 1.29. The van der Waals surface area contributed by atoms with E-state index in [9.17, 15) is 0 Å². The lowest BCUT2D eigenvalue weighted by atomic mass is 10.1. The fourth-order valence-corrected chi connectivity index (χ4v) is 2.07. The number of hydrogen-bond acceptors (Lipinski definition) is 3. The number of nitrogens with one attached hydrogen (secondary N) is 1. The maximum Gasteiger partial charge on any atom is 0.133 e. The van der Waals surface area contributed by atoms with E-state index < -0.39 is 0 Å². The predicted molar refractivity (Wildman–Crippen MR) is 46.4 cm³/mol. The van der Waals surface area contributed by atoms with Crippen LogP contribution in [0.3, 0.4) is 0 Å². The SMILES string of the molecule is CNC1COc2cscc2C1. The van der Waals surface area contributed by atoms with Gasteiger partial charge in [-0.2, -0.15) is 0 Å². The smallest absolute Gasteiger partial charge is 0.133 e. The quantitative estimate of drug-likeness (QED) is 0.683. The summed E-state index contributed by atoms with van der Waals surface area (Å²) in [7, 11) is 1.98. The van der Waals surface area contributed by atoms with Crippen LogP contribution in [0.2, 0.25) is 0 Å². The van der Waals surface area contributed by atoms with E-state index in [0.29, 0.717) is 6.04 Å². The van der Waals surface area contributed by atoms with Crippen LogP contribution in [0, 0.1) is 0 Å². The average Bonchev–Trinajstić information content (AvgIpc) is 2.50.